The van der Waals surface area contributed by atoms with Crippen molar-refractivity contribution in [2.75, 3.05) is 5.32 Å². The Morgan fingerprint density at radius 2 is 1.78 bits per heavy atom. The molecular weight excluding hydrogens is 337 g/mol. The van der Waals surface area contributed by atoms with Crippen molar-refractivity contribution in [1.82, 2.24) is 5.43 Å². The number of carbonyl (C=O) groups is 2. The molecule has 0 atom stereocenters. The summed E-state index contributed by atoms with van der Waals surface area (Å²) in [4.78, 5) is 23.4. The molecule has 0 saturated heterocycles. The smallest absolute Gasteiger partial charge is 0.318 e. The fraction of sp³-hybridized carbons (Fsp3) is 0.0625. The first-order chi connectivity index (χ1) is 11.0. The van der Waals surface area contributed by atoms with Crippen molar-refractivity contribution in [2.45, 2.75) is 6.92 Å². The van der Waals surface area contributed by atoms with Gasteiger partial charge in [0.2, 0.25) is 0 Å². The number of anilines is 1. The van der Waals surface area contributed by atoms with Crippen molar-refractivity contribution in [1.29, 1.82) is 0 Å². The molecule has 0 radical (unpaired) electrons. The summed E-state index contributed by atoms with van der Waals surface area (Å²) < 4.78 is 0. The summed E-state index contributed by atoms with van der Waals surface area (Å²) in [6.07, 6.45) is 1.36. The van der Waals surface area contributed by atoms with Crippen LogP contribution in [0.5, 0.6) is 0 Å². The summed E-state index contributed by atoms with van der Waals surface area (Å²) in [5.74, 6) is -1.72. The van der Waals surface area contributed by atoms with Gasteiger partial charge in [-0.2, -0.15) is 5.10 Å². The Bertz CT molecular complexity index is 776. The molecule has 0 saturated carbocycles. The number of hydrogen-bond acceptors (Lipinski definition) is 3. The van der Waals surface area contributed by atoms with Crippen LogP contribution in [0.2, 0.25) is 10.0 Å². The summed E-state index contributed by atoms with van der Waals surface area (Å²) in [6, 6.07) is 11.9. The normalized spacial score (nSPS) is 10.6. The van der Waals surface area contributed by atoms with Gasteiger partial charge in [-0.15, -0.1) is 0 Å². The van der Waals surface area contributed by atoms with E-state index >= 15 is 0 Å². The maximum Gasteiger partial charge on any atom is 0.329 e. The maximum absolute atomic E-state index is 11.8. The lowest BCUT2D eigenvalue weighted by molar-refractivity contribution is -0.136. The molecule has 2 aromatic carbocycles. The van der Waals surface area contributed by atoms with E-state index in [1.165, 1.54) is 6.21 Å². The number of amides is 2. The van der Waals surface area contributed by atoms with E-state index in [4.69, 9.17) is 23.2 Å². The molecule has 0 fully saturated rings. The van der Waals surface area contributed by atoms with Gasteiger partial charge in [-0.3, -0.25) is 9.59 Å². The Labute approximate surface area is 143 Å². The zero-order valence-corrected chi connectivity index (χ0v) is 13.7. The zero-order chi connectivity index (χ0) is 16.8. The number of hydrazone groups is 1. The second-order valence-corrected chi connectivity index (χ2v) is 5.45. The molecule has 2 aromatic rings. The minimum absolute atomic E-state index is 0.474. The molecule has 0 aromatic heterocycles. The van der Waals surface area contributed by atoms with E-state index in [1.807, 2.05) is 0 Å². The average Bonchev–Trinajstić information content (AvgIpc) is 2.52. The number of nitrogens with one attached hydrogen (secondary N) is 2. The highest BCUT2D eigenvalue weighted by Gasteiger charge is 2.13. The summed E-state index contributed by atoms with van der Waals surface area (Å²) in [5, 5.41) is 7.24. The molecule has 2 N–H and O–H groups in total. The Balaban J connectivity index is 1.94. The van der Waals surface area contributed by atoms with Crippen LogP contribution in [0.25, 0.3) is 0 Å². The molecule has 118 valence electrons. The van der Waals surface area contributed by atoms with E-state index in [9.17, 15) is 9.59 Å². The third-order valence-corrected chi connectivity index (χ3v) is 3.67. The minimum atomic E-state index is -0.888. The van der Waals surface area contributed by atoms with Crippen LogP contribution in [0, 0.1) is 6.92 Å². The number of aryl methyl sites for hydroxylation is 1. The first-order valence-electron chi connectivity index (χ1n) is 6.62. The van der Waals surface area contributed by atoms with Crippen LogP contribution in [-0.2, 0) is 9.59 Å². The van der Waals surface area contributed by atoms with Gasteiger partial charge in [-0.1, -0.05) is 41.4 Å². The number of nitrogens with zero attached hydrogens (tertiary/aromatic N) is 1. The van der Waals surface area contributed by atoms with Crippen LogP contribution in [0.3, 0.4) is 0 Å². The highest BCUT2D eigenvalue weighted by atomic mass is 35.5. The molecule has 0 spiro atoms. The van der Waals surface area contributed by atoms with Gasteiger partial charge >= 0.3 is 11.8 Å². The summed E-state index contributed by atoms with van der Waals surface area (Å²) in [5.41, 5.74) is 4.03. The quantitative estimate of drug-likeness (QED) is 0.506. The topological polar surface area (TPSA) is 70.6 Å². The number of carbonyl (C=O) groups excluding carboxylic acids is 2. The van der Waals surface area contributed by atoms with Crippen LogP contribution in [0.1, 0.15) is 11.1 Å². The van der Waals surface area contributed by atoms with Gasteiger partial charge in [0.1, 0.15) is 0 Å². The van der Waals surface area contributed by atoms with Gasteiger partial charge in [0.15, 0.2) is 0 Å². The predicted molar refractivity (Wildman–Crippen MR) is 92.0 cm³/mol. The second kappa shape index (κ2) is 7.76. The maximum atomic E-state index is 11.8. The number of benzene rings is 2. The summed E-state index contributed by atoms with van der Waals surface area (Å²) >= 11 is 11.8. The third kappa shape index (κ3) is 4.81. The Morgan fingerprint density at radius 1 is 1.04 bits per heavy atom. The number of rotatable bonds is 3. The molecule has 23 heavy (non-hydrogen) atoms. The fourth-order valence-corrected chi connectivity index (χ4v) is 2.00. The van der Waals surface area contributed by atoms with Gasteiger partial charge < -0.3 is 5.32 Å². The highest BCUT2D eigenvalue weighted by Crippen LogP contribution is 2.19. The molecule has 0 aliphatic carbocycles. The van der Waals surface area contributed by atoms with Crippen LogP contribution in [-0.4, -0.2) is 18.0 Å². The Kier molecular flexibility index (Phi) is 5.73. The van der Waals surface area contributed by atoms with E-state index in [-0.39, 0.29) is 0 Å². The first kappa shape index (κ1) is 17.0. The zero-order valence-electron chi connectivity index (χ0n) is 12.1. The molecule has 0 unspecified atom stereocenters. The van der Waals surface area contributed by atoms with Crippen molar-refractivity contribution >= 4 is 46.9 Å². The molecule has 0 aliphatic heterocycles. The number of halogens is 2. The lowest BCUT2D eigenvalue weighted by Crippen LogP contribution is -2.32. The van der Waals surface area contributed by atoms with Crippen molar-refractivity contribution in [3.8, 4) is 0 Å². The predicted octanol–water partition coefficient (Wildman–Crippen LogP) is 3.39. The number of hydrogen-bond donors (Lipinski definition) is 2. The van der Waals surface area contributed by atoms with Crippen molar-refractivity contribution < 1.29 is 9.59 Å². The summed E-state index contributed by atoms with van der Waals surface area (Å²) in [6.45, 7) is 1.80. The molecule has 0 aliphatic rings. The third-order valence-electron chi connectivity index (χ3n) is 2.90. The van der Waals surface area contributed by atoms with Crippen LogP contribution >= 0.6 is 23.2 Å². The fourth-order valence-electron chi connectivity index (χ4n) is 1.70. The van der Waals surface area contributed by atoms with E-state index in [0.717, 1.165) is 5.56 Å². The molecule has 2 rings (SSSR count). The van der Waals surface area contributed by atoms with Gasteiger partial charge in [-0.05, 0) is 36.8 Å². The van der Waals surface area contributed by atoms with Crippen LogP contribution in [0.15, 0.2) is 47.6 Å². The SMILES string of the molecule is Cc1cc(NC(=O)C(=O)N/N=C/c2ccccc2Cl)ccc1Cl. The second-order valence-electron chi connectivity index (χ2n) is 4.64. The van der Waals surface area contributed by atoms with E-state index in [0.29, 0.717) is 21.3 Å². The van der Waals surface area contributed by atoms with Crippen molar-refractivity contribution in [3.63, 3.8) is 0 Å². The van der Waals surface area contributed by atoms with Gasteiger partial charge in [0.25, 0.3) is 0 Å². The first-order valence-corrected chi connectivity index (χ1v) is 7.38. The molecular formula is C16H13Cl2N3O2. The van der Waals surface area contributed by atoms with Gasteiger partial charge in [0, 0.05) is 21.3 Å². The average molecular weight is 350 g/mol. The molecule has 0 heterocycles. The molecule has 2 amide bonds. The summed E-state index contributed by atoms with van der Waals surface area (Å²) in [7, 11) is 0. The standard InChI is InChI=1S/C16H13Cl2N3O2/c1-10-8-12(6-7-13(10)17)20-15(22)16(23)21-19-9-11-4-2-3-5-14(11)18/h2-9H,1H3,(H,20,22)(H,21,23)/b19-9+. The highest BCUT2D eigenvalue weighted by molar-refractivity contribution is 6.39. The Morgan fingerprint density at radius 3 is 2.48 bits per heavy atom. The van der Waals surface area contributed by atoms with E-state index in [1.54, 1.807) is 49.4 Å². The van der Waals surface area contributed by atoms with E-state index < -0.39 is 11.8 Å². The Hall–Kier alpha value is -2.37. The lowest BCUT2D eigenvalue weighted by Gasteiger charge is -2.05. The lowest BCUT2D eigenvalue weighted by atomic mass is 10.2. The van der Waals surface area contributed by atoms with E-state index in [2.05, 4.69) is 15.8 Å². The van der Waals surface area contributed by atoms with Crippen molar-refractivity contribution in [2.24, 2.45) is 5.10 Å². The van der Waals surface area contributed by atoms with Crippen molar-refractivity contribution in [3.05, 3.63) is 63.6 Å². The largest absolute Gasteiger partial charge is 0.329 e. The van der Waals surface area contributed by atoms with Crippen LogP contribution in [0.4, 0.5) is 5.69 Å². The minimum Gasteiger partial charge on any atom is -0.318 e. The molecule has 5 nitrogen and oxygen atoms in total. The van der Waals surface area contributed by atoms with Crippen LogP contribution < -0.4 is 10.7 Å². The van der Waals surface area contributed by atoms with Gasteiger partial charge in [0.05, 0.1) is 6.21 Å². The van der Waals surface area contributed by atoms with Gasteiger partial charge in [-0.25, -0.2) is 5.43 Å². The molecule has 7 heteroatoms. The molecule has 0 bridgehead atoms. The monoisotopic (exact) mass is 349 g/mol.